The summed E-state index contributed by atoms with van der Waals surface area (Å²) in [6.45, 7) is 16.1. The van der Waals surface area contributed by atoms with Crippen molar-refractivity contribution in [2.75, 3.05) is 0 Å². The summed E-state index contributed by atoms with van der Waals surface area (Å²) in [6, 6.07) is 0. The van der Waals surface area contributed by atoms with E-state index in [-0.39, 0.29) is 17.5 Å². The first-order valence-corrected chi connectivity index (χ1v) is 13.3. The number of carbonyl (C=O) groups excluding carboxylic acids is 1. The molecule has 0 aromatic carbocycles. The lowest BCUT2D eigenvalue weighted by Gasteiger charge is -2.53. The Hall–Kier alpha value is -1.31. The van der Waals surface area contributed by atoms with Gasteiger partial charge in [0.2, 0.25) is 0 Å². The first-order chi connectivity index (χ1) is 15.1. The van der Waals surface area contributed by atoms with E-state index in [1.54, 1.807) is 18.1 Å². The maximum atomic E-state index is 11.5. The van der Waals surface area contributed by atoms with E-state index in [1.165, 1.54) is 19.3 Å². The van der Waals surface area contributed by atoms with Gasteiger partial charge in [-0.3, -0.25) is 4.79 Å². The van der Waals surface area contributed by atoms with Gasteiger partial charge in [-0.2, -0.15) is 0 Å². The van der Waals surface area contributed by atoms with Gasteiger partial charge in [-0.25, -0.2) is 0 Å². The van der Waals surface area contributed by atoms with Crippen LogP contribution in [0.15, 0.2) is 35.5 Å². The molecule has 2 heteroatoms. The molecule has 2 saturated carbocycles. The Kier molecular flexibility index (Phi) is 6.56. The minimum atomic E-state index is -0.124. The van der Waals surface area contributed by atoms with Gasteiger partial charge in [-0.05, 0) is 102 Å². The number of allylic oxidation sites excluding steroid dienone is 6. The van der Waals surface area contributed by atoms with Crippen molar-refractivity contribution in [1.82, 2.24) is 0 Å². The predicted octanol–water partition coefficient (Wildman–Crippen LogP) is 7.90. The Labute approximate surface area is 197 Å². The van der Waals surface area contributed by atoms with Gasteiger partial charge in [-0.15, -0.1) is 0 Å². The molecule has 0 aromatic rings. The second-order valence-corrected chi connectivity index (χ2v) is 12.4. The van der Waals surface area contributed by atoms with Crippen LogP contribution in [0.5, 0.6) is 0 Å². The van der Waals surface area contributed by atoms with Crippen LogP contribution < -0.4 is 0 Å². The third-order valence-corrected chi connectivity index (χ3v) is 10.3. The molecule has 0 N–H and O–H groups in total. The lowest BCUT2D eigenvalue weighted by atomic mass is 9.51. The van der Waals surface area contributed by atoms with E-state index < -0.39 is 0 Å². The number of carbonyl (C=O) groups is 1. The molecular weight excluding hydrogens is 392 g/mol. The van der Waals surface area contributed by atoms with E-state index in [1.807, 2.05) is 0 Å². The third-order valence-electron chi connectivity index (χ3n) is 10.3. The molecule has 0 saturated heterocycles. The predicted molar refractivity (Wildman–Crippen MR) is 133 cm³/mol. The SMILES string of the molecule is CC(=O)OC1CCC2(C)C3=CCC4(C)C(CCC4[C@H](C)/C=C/[C@H](C)C(C)C)C3=CC[C@H]2C1. The topological polar surface area (TPSA) is 26.3 Å². The largest absolute Gasteiger partial charge is 0.463 e. The number of hydrogen-bond donors (Lipinski definition) is 0. The molecule has 178 valence electrons. The zero-order valence-corrected chi connectivity index (χ0v) is 21.6. The fraction of sp³-hybridized carbons (Fsp3) is 0.767. The Balaban J connectivity index is 1.54. The van der Waals surface area contributed by atoms with Crippen LogP contribution in [0.1, 0.15) is 93.4 Å². The first-order valence-electron chi connectivity index (χ1n) is 13.3. The molecule has 0 amide bonds. The molecule has 5 unspecified atom stereocenters. The van der Waals surface area contributed by atoms with Crippen molar-refractivity contribution < 1.29 is 9.53 Å². The van der Waals surface area contributed by atoms with E-state index in [0.717, 1.165) is 37.5 Å². The quantitative estimate of drug-likeness (QED) is 0.322. The molecule has 4 rings (SSSR count). The fourth-order valence-corrected chi connectivity index (χ4v) is 7.76. The molecule has 0 bridgehead atoms. The fourth-order valence-electron chi connectivity index (χ4n) is 7.76. The zero-order valence-electron chi connectivity index (χ0n) is 21.6. The van der Waals surface area contributed by atoms with Crippen LogP contribution in [-0.4, -0.2) is 12.1 Å². The highest BCUT2D eigenvalue weighted by Crippen LogP contribution is 2.64. The second-order valence-electron chi connectivity index (χ2n) is 12.4. The second kappa shape index (κ2) is 8.80. The Morgan fingerprint density at radius 1 is 1.09 bits per heavy atom. The number of fused-ring (bicyclic) bond motifs is 5. The van der Waals surface area contributed by atoms with E-state index in [9.17, 15) is 4.79 Å². The Morgan fingerprint density at radius 2 is 1.84 bits per heavy atom. The minimum absolute atomic E-state index is 0.117. The first kappa shape index (κ1) is 23.8. The molecule has 0 heterocycles. The molecule has 0 aromatic heterocycles. The van der Waals surface area contributed by atoms with Gasteiger partial charge in [0.1, 0.15) is 6.10 Å². The molecule has 4 aliphatic rings. The molecule has 2 fully saturated rings. The summed E-state index contributed by atoms with van der Waals surface area (Å²) in [6.07, 6.45) is 18.6. The maximum absolute atomic E-state index is 11.5. The van der Waals surface area contributed by atoms with Crippen molar-refractivity contribution in [3.63, 3.8) is 0 Å². The van der Waals surface area contributed by atoms with Crippen LogP contribution in [0, 0.1) is 46.3 Å². The van der Waals surface area contributed by atoms with Crippen LogP contribution in [0.4, 0.5) is 0 Å². The molecule has 32 heavy (non-hydrogen) atoms. The molecular formula is C30H46O2. The average Bonchev–Trinajstić information content (AvgIpc) is 3.08. The Bertz CT molecular complexity index is 817. The van der Waals surface area contributed by atoms with E-state index >= 15 is 0 Å². The summed E-state index contributed by atoms with van der Waals surface area (Å²) in [5.74, 6) is 3.98. The summed E-state index contributed by atoms with van der Waals surface area (Å²) >= 11 is 0. The van der Waals surface area contributed by atoms with Crippen molar-refractivity contribution in [2.24, 2.45) is 46.3 Å². The van der Waals surface area contributed by atoms with Gasteiger partial charge in [0.15, 0.2) is 0 Å². The minimum Gasteiger partial charge on any atom is -0.463 e. The van der Waals surface area contributed by atoms with Crippen LogP contribution in [0.2, 0.25) is 0 Å². The van der Waals surface area contributed by atoms with Crippen molar-refractivity contribution in [3.05, 3.63) is 35.5 Å². The highest BCUT2D eigenvalue weighted by Gasteiger charge is 2.55. The standard InChI is InChI=1S/C30H46O2/c1-19(2)20(3)8-9-21(4)26-12-13-27-25-11-10-23-18-24(32-22(5)31)14-16-29(23,6)28(25)15-17-30(26,27)7/h8-9,11,15,19-21,23-24,26-27H,10,12-14,16-18H2,1-7H3/b9-8+/t20-,21+,23-,24?,26?,27?,29?,30?/m0/s1. The summed E-state index contributed by atoms with van der Waals surface area (Å²) in [5, 5.41) is 0. The molecule has 0 spiro atoms. The van der Waals surface area contributed by atoms with Crippen molar-refractivity contribution in [1.29, 1.82) is 0 Å². The lowest BCUT2D eigenvalue weighted by molar-refractivity contribution is -0.150. The summed E-state index contributed by atoms with van der Waals surface area (Å²) < 4.78 is 5.62. The zero-order chi connectivity index (χ0) is 23.3. The monoisotopic (exact) mass is 438 g/mol. The smallest absolute Gasteiger partial charge is 0.302 e. The van der Waals surface area contributed by atoms with E-state index in [2.05, 4.69) is 65.8 Å². The Morgan fingerprint density at radius 3 is 2.53 bits per heavy atom. The molecule has 2 nitrogen and oxygen atoms in total. The average molecular weight is 439 g/mol. The van der Waals surface area contributed by atoms with Gasteiger partial charge in [0.05, 0.1) is 0 Å². The van der Waals surface area contributed by atoms with Crippen LogP contribution in [0.25, 0.3) is 0 Å². The third kappa shape index (κ3) is 4.05. The van der Waals surface area contributed by atoms with E-state index in [4.69, 9.17) is 4.74 Å². The van der Waals surface area contributed by atoms with Crippen LogP contribution in [0.3, 0.4) is 0 Å². The summed E-state index contributed by atoms with van der Waals surface area (Å²) in [4.78, 5) is 11.5. The van der Waals surface area contributed by atoms with E-state index in [0.29, 0.717) is 29.1 Å². The van der Waals surface area contributed by atoms with Gasteiger partial charge in [0.25, 0.3) is 0 Å². The molecule has 0 aliphatic heterocycles. The summed E-state index contributed by atoms with van der Waals surface area (Å²) in [5.41, 5.74) is 4.00. The van der Waals surface area contributed by atoms with Gasteiger partial charge in [0, 0.05) is 6.92 Å². The van der Waals surface area contributed by atoms with Crippen LogP contribution >= 0.6 is 0 Å². The molecule has 4 aliphatic carbocycles. The number of ether oxygens (including phenoxy) is 1. The highest BCUT2D eigenvalue weighted by molar-refractivity contribution is 5.66. The molecule has 8 atom stereocenters. The van der Waals surface area contributed by atoms with Crippen molar-refractivity contribution in [2.45, 2.75) is 99.5 Å². The van der Waals surface area contributed by atoms with Crippen molar-refractivity contribution in [3.8, 4) is 0 Å². The lowest BCUT2D eigenvalue weighted by Crippen LogP contribution is -2.45. The molecule has 0 radical (unpaired) electrons. The van der Waals surface area contributed by atoms with Gasteiger partial charge >= 0.3 is 5.97 Å². The maximum Gasteiger partial charge on any atom is 0.302 e. The summed E-state index contributed by atoms with van der Waals surface area (Å²) in [7, 11) is 0. The van der Waals surface area contributed by atoms with Gasteiger partial charge in [-0.1, -0.05) is 65.8 Å². The van der Waals surface area contributed by atoms with Crippen LogP contribution in [-0.2, 0) is 9.53 Å². The van der Waals surface area contributed by atoms with Gasteiger partial charge < -0.3 is 4.74 Å². The number of hydrogen-bond acceptors (Lipinski definition) is 2. The normalized spacial score (nSPS) is 40.8. The highest BCUT2D eigenvalue weighted by atomic mass is 16.5. The number of esters is 1. The van der Waals surface area contributed by atoms with Crippen molar-refractivity contribution >= 4 is 5.97 Å². The number of rotatable bonds is 5.